The van der Waals surface area contributed by atoms with E-state index in [1.54, 1.807) is 12.1 Å². The fourth-order valence-corrected chi connectivity index (χ4v) is 4.43. The molecule has 3 aromatic carbocycles. The molecule has 0 amide bonds. The Labute approximate surface area is 234 Å². The Bertz CT molecular complexity index is 1600. The van der Waals surface area contributed by atoms with E-state index in [4.69, 9.17) is 16.3 Å². The van der Waals surface area contributed by atoms with Crippen molar-refractivity contribution in [1.82, 2.24) is 9.66 Å². The van der Waals surface area contributed by atoms with Gasteiger partial charge in [0, 0.05) is 31.0 Å². The SMILES string of the molecule is CC(C)(C)c1nc2ccc(Br)cc2c(=O)n1N=Cc1cc(Cl)cc([N+](=O)[O-])c1OCc1ccc(Br)cc1. The molecule has 4 aromatic rings. The molecule has 0 saturated carbocycles. The van der Waals surface area contributed by atoms with E-state index in [1.165, 1.54) is 23.0 Å². The van der Waals surface area contributed by atoms with Gasteiger partial charge >= 0.3 is 5.69 Å². The van der Waals surface area contributed by atoms with E-state index in [2.05, 4.69) is 41.9 Å². The molecule has 0 fully saturated rings. The van der Waals surface area contributed by atoms with Gasteiger partial charge in [0.15, 0.2) is 0 Å². The number of rotatable bonds is 6. The van der Waals surface area contributed by atoms with E-state index in [9.17, 15) is 14.9 Å². The second kappa shape index (κ2) is 10.7. The lowest BCUT2D eigenvalue weighted by Crippen LogP contribution is -2.29. The molecule has 1 aromatic heterocycles. The van der Waals surface area contributed by atoms with Gasteiger partial charge in [0.25, 0.3) is 5.56 Å². The maximum absolute atomic E-state index is 13.5. The Hall–Kier alpha value is -3.08. The predicted octanol–water partition coefficient (Wildman–Crippen LogP) is 7.24. The standard InChI is InChI=1S/C26H21Br2ClN4O4/c1-26(2,3)25-31-21-9-8-18(28)11-20(21)24(34)32(25)30-13-16-10-19(29)12-22(33(35)36)23(16)37-14-15-4-6-17(27)7-5-15/h4-13H,14H2,1-3H3. The Morgan fingerprint density at radius 3 is 2.43 bits per heavy atom. The number of nitro benzene ring substituents is 1. The van der Waals surface area contributed by atoms with Gasteiger partial charge in [0.2, 0.25) is 5.75 Å². The van der Waals surface area contributed by atoms with Crippen LogP contribution in [0.4, 0.5) is 5.69 Å². The van der Waals surface area contributed by atoms with Crippen molar-refractivity contribution >= 4 is 66.3 Å². The zero-order chi connectivity index (χ0) is 26.9. The summed E-state index contributed by atoms with van der Waals surface area (Å²) in [4.78, 5) is 29.4. The van der Waals surface area contributed by atoms with Crippen molar-refractivity contribution in [3.05, 3.63) is 106 Å². The van der Waals surface area contributed by atoms with Crippen molar-refractivity contribution in [2.75, 3.05) is 0 Å². The first-order valence-electron chi connectivity index (χ1n) is 11.1. The third kappa shape index (κ3) is 6.08. The molecule has 0 aliphatic heterocycles. The lowest BCUT2D eigenvalue weighted by Gasteiger charge is -2.21. The number of benzene rings is 3. The molecule has 4 rings (SSSR count). The molecule has 0 aliphatic carbocycles. The lowest BCUT2D eigenvalue weighted by molar-refractivity contribution is -0.385. The predicted molar refractivity (Wildman–Crippen MR) is 152 cm³/mol. The smallest absolute Gasteiger partial charge is 0.313 e. The van der Waals surface area contributed by atoms with Gasteiger partial charge in [-0.05, 0) is 42.0 Å². The molecule has 0 unspecified atom stereocenters. The van der Waals surface area contributed by atoms with E-state index in [0.29, 0.717) is 16.7 Å². The minimum absolute atomic E-state index is 0.0112. The van der Waals surface area contributed by atoms with E-state index in [-0.39, 0.29) is 34.2 Å². The van der Waals surface area contributed by atoms with E-state index in [0.717, 1.165) is 14.5 Å². The number of hydrogen-bond donors (Lipinski definition) is 0. The van der Waals surface area contributed by atoms with Gasteiger partial charge in [-0.3, -0.25) is 14.9 Å². The topological polar surface area (TPSA) is 99.6 Å². The first kappa shape index (κ1) is 27.0. The van der Waals surface area contributed by atoms with Crippen molar-refractivity contribution in [1.29, 1.82) is 0 Å². The zero-order valence-corrected chi connectivity index (χ0v) is 24.0. The van der Waals surface area contributed by atoms with Crippen molar-refractivity contribution in [2.45, 2.75) is 32.8 Å². The highest BCUT2D eigenvalue weighted by molar-refractivity contribution is 9.10. The Kier molecular flexibility index (Phi) is 7.82. The highest BCUT2D eigenvalue weighted by atomic mass is 79.9. The van der Waals surface area contributed by atoms with Gasteiger partial charge in [0.1, 0.15) is 12.4 Å². The molecule has 0 atom stereocenters. The van der Waals surface area contributed by atoms with Gasteiger partial charge < -0.3 is 4.74 Å². The Balaban J connectivity index is 1.85. The van der Waals surface area contributed by atoms with Crippen LogP contribution >= 0.6 is 43.5 Å². The molecular formula is C26H21Br2ClN4O4. The van der Waals surface area contributed by atoms with Crippen molar-refractivity contribution in [3.63, 3.8) is 0 Å². The van der Waals surface area contributed by atoms with Crippen molar-refractivity contribution in [2.24, 2.45) is 5.10 Å². The van der Waals surface area contributed by atoms with Crippen LogP contribution in [-0.2, 0) is 12.0 Å². The van der Waals surface area contributed by atoms with Crippen LogP contribution in [0.15, 0.2) is 73.4 Å². The van der Waals surface area contributed by atoms with Crippen LogP contribution in [0.1, 0.15) is 37.7 Å². The molecule has 0 aliphatic rings. The van der Waals surface area contributed by atoms with E-state index in [1.807, 2.05) is 51.1 Å². The maximum Gasteiger partial charge on any atom is 0.313 e. The van der Waals surface area contributed by atoms with Crippen LogP contribution < -0.4 is 10.3 Å². The van der Waals surface area contributed by atoms with Crippen molar-refractivity contribution < 1.29 is 9.66 Å². The summed E-state index contributed by atoms with van der Waals surface area (Å²) in [6.45, 7) is 5.84. The summed E-state index contributed by atoms with van der Waals surface area (Å²) in [6, 6.07) is 15.4. The number of fused-ring (bicyclic) bond motifs is 1. The molecule has 0 spiro atoms. The average molecular weight is 649 g/mol. The summed E-state index contributed by atoms with van der Waals surface area (Å²) in [7, 11) is 0. The van der Waals surface area contributed by atoms with E-state index < -0.39 is 10.3 Å². The molecule has 11 heteroatoms. The third-order valence-corrected chi connectivity index (χ3v) is 6.59. The van der Waals surface area contributed by atoms with Crippen LogP contribution in [-0.4, -0.2) is 20.8 Å². The summed E-state index contributed by atoms with van der Waals surface area (Å²) in [5, 5.41) is 16.8. The summed E-state index contributed by atoms with van der Waals surface area (Å²) in [6.07, 6.45) is 1.33. The first-order chi connectivity index (χ1) is 17.4. The molecule has 0 N–H and O–H groups in total. The number of nitrogens with zero attached hydrogens (tertiary/aromatic N) is 4. The highest BCUT2D eigenvalue weighted by Crippen LogP contribution is 2.34. The largest absolute Gasteiger partial charge is 0.481 e. The maximum atomic E-state index is 13.5. The summed E-state index contributed by atoms with van der Waals surface area (Å²) < 4.78 is 8.73. The number of nitro groups is 1. The van der Waals surface area contributed by atoms with Gasteiger partial charge in [-0.1, -0.05) is 76.4 Å². The van der Waals surface area contributed by atoms with Crippen LogP contribution in [0.2, 0.25) is 5.02 Å². The van der Waals surface area contributed by atoms with Crippen LogP contribution in [0.5, 0.6) is 5.75 Å². The van der Waals surface area contributed by atoms with E-state index >= 15 is 0 Å². The minimum Gasteiger partial charge on any atom is -0.481 e. The summed E-state index contributed by atoms with van der Waals surface area (Å²) >= 11 is 13.0. The highest BCUT2D eigenvalue weighted by Gasteiger charge is 2.24. The molecule has 0 bridgehead atoms. The monoisotopic (exact) mass is 646 g/mol. The molecule has 190 valence electrons. The normalized spacial score (nSPS) is 11.8. The quantitative estimate of drug-likeness (QED) is 0.125. The zero-order valence-electron chi connectivity index (χ0n) is 20.0. The fraction of sp³-hybridized carbons (Fsp3) is 0.192. The molecule has 37 heavy (non-hydrogen) atoms. The van der Waals surface area contributed by atoms with Crippen LogP contribution in [0.3, 0.4) is 0 Å². The van der Waals surface area contributed by atoms with Gasteiger partial charge in [-0.2, -0.15) is 9.78 Å². The van der Waals surface area contributed by atoms with Gasteiger partial charge in [-0.15, -0.1) is 0 Å². The molecule has 1 heterocycles. The number of aromatic nitrogens is 2. The number of hydrogen-bond acceptors (Lipinski definition) is 6. The summed E-state index contributed by atoms with van der Waals surface area (Å²) in [5.74, 6) is 0.417. The Morgan fingerprint density at radius 2 is 1.78 bits per heavy atom. The average Bonchev–Trinajstić information content (AvgIpc) is 2.83. The van der Waals surface area contributed by atoms with Gasteiger partial charge in [0.05, 0.1) is 22.0 Å². The second-order valence-electron chi connectivity index (χ2n) is 9.22. The second-order valence-corrected chi connectivity index (χ2v) is 11.5. The van der Waals surface area contributed by atoms with Crippen LogP contribution in [0, 0.1) is 10.1 Å². The summed E-state index contributed by atoms with van der Waals surface area (Å²) in [5.41, 5.74) is 0.389. The molecule has 0 radical (unpaired) electrons. The van der Waals surface area contributed by atoms with Gasteiger partial charge in [-0.25, -0.2) is 4.98 Å². The third-order valence-electron chi connectivity index (χ3n) is 5.35. The lowest BCUT2D eigenvalue weighted by atomic mass is 9.95. The fourth-order valence-electron chi connectivity index (χ4n) is 3.59. The van der Waals surface area contributed by atoms with Crippen molar-refractivity contribution in [3.8, 4) is 5.75 Å². The molecule has 8 nitrogen and oxygen atoms in total. The molecular weight excluding hydrogens is 628 g/mol. The number of ether oxygens (including phenoxy) is 1. The molecule has 0 saturated heterocycles. The van der Waals surface area contributed by atoms with Crippen LogP contribution in [0.25, 0.3) is 10.9 Å². The first-order valence-corrected chi connectivity index (χ1v) is 13.0. The Morgan fingerprint density at radius 1 is 1.11 bits per heavy atom. The number of halogens is 3. The minimum atomic E-state index is -0.567.